The fourth-order valence-corrected chi connectivity index (χ4v) is 3.22. The second-order valence-electron chi connectivity index (χ2n) is 5.40. The van der Waals surface area contributed by atoms with Crippen molar-refractivity contribution in [2.75, 3.05) is 0 Å². The molecule has 0 spiro atoms. The summed E-state index contributed by atoms with van der Waals surface area (Å²) >= 11 is 1.35. The molecule has 0 amide bonds. The molecule has 0 aliphatic rings. The average molecular weight is 362 g/mol. The van der Waals surface area contributed by atoms with Gasteiger partial charge in [0.2, 0.25) is 0 Å². The first-order valence-electron chi connectivity index (χ1n) is 7.70. The highest BCUT2D eigenvalue weighted by Gasteiger charge is 2.12. The Morgan fingerprint density at radius 3 is 2.85 bits per heavy atom. The fraction of sp³-hybridized carbons (Fsp3) is 0. The quantitative estimate of drug-likeness (QED) is 0.426. The van der Waals surface area contributed by atoms with E-state index in [9.17, 15) is 9.65 Å². The summed E-state index contributed by atoms with van der Waals surface area (Å²) in [6.07, 6.45) is 3.19. The lowest BCUT2D eigenvalue weighted by molar-refractivity contribution is 0.570. The molecule has 0 unspecified atom stereocenters. The van der Waals surface area contributed by atoms with E-state index in [1.165, 1.54) is 23.5 Å². The zero-order chi connectivity index (χ0) is 17.9. The van der Waals surface area contributed by atoms with E-state index >= 15 is 0 Å². The maximum Gasteiger partial charge on any atom is 0.153 e. The SMILES string of the molecule is N#C/C(=C\c1ccc(-c2cccc(F)c2)o1)c1nc(-c2ccco2)cs1. The number of thiazole rings is 1. The van der Waals surface area contributed by atoms with E-state index in [1.54, 1.807) is 42.7 Å². The molecule has 4 rings (SSSR count). The number of hydrogen-bond donors (Lipinski definition) is 0. The van der Waals surface area contributed by atoms with Gasteiger partial charge >= 0.3 is 0 Å². The van der Waals surface area contributed by atoms with Crippen molar-refractivity contribution < 1.29 is 13.2 Å². The van der Waals surface area contributed by atoms with Crippen LogP contribution >= 0.6 is 11.3 Å². The van der Waals surface area contributed by atoms with E-state index in [0.29, 0.717) is 39.1 Å². The summed E-state index contributed by atoms with van der Waals surface area (Å²) in [5.41, 5.74) is 1.70. The van der Waals surface area contributed by atoms with E-state index in [-0.39, 0.29) is 5.82 Å². The number of nitrogens with zero attached hydrogens (tertiary/aromatic N) is 2. The first kappa shape index (κ1) is 16.1. The molecule has 0 saturated carbocycles. The molecule has 0 atom stereocenters. The Kier molecular flexibility index (Phi) is 4.22. The zero-order valence-electron chi connectivity index (χ0n) is 13.3. The molecule has 126 valence electrons. The molecule has 0 aliphatic carbocycles. The monoisotopic (exact) mass is 362 g/mol. The standard InChI is InChI=1S/C20H11FN2O2S/c21-15-4-1-3-13(9-15)18-7-6-16(25-18)10-14(11-22)20-23-17(12-26-20)19-5-2-8-24-19/h1-10,12H/b14-10+. The number of nitriles is 1. The van der Waals surface area contributed by atoms with Crippen LogP contribution in [0.15, 0.2) is 69.0 Å². The highest BCUT2D eigenvalue weighted by Crippen LogP contribution is 2.29. The summed E-state index contributed by atoms with van der Waals surface area (Å²) in [5.74, 6) is 1.34. The summed E-state index contributed by atoms with van der Waals surface area (Å²) in [5, 5.41) is 11.9. The van der Waals surface area contributed by atoms with Crippen molar-refractivity contribution in [3.05, 3.63) is 76.8 Å². The molecule has 6 heteroatoms. The third-order valence-electron chi connectivity index (χ3n) is 3.65. The molecule has 0 aliphatic heterocycles. The molecule has 0 fully saturated rings. The molecule has 1 aromatic carbocycles. The van der Waals surface area contributed by atoms with E-state index in [2.05, 4.69) is 11.1 Å². The smallest absolute Gasteiger partial charge is 0.153 e. The number of benzene rings is 1. The van der Waals surface area contributed by atoms with Crippen LogP contribution in [0.4, 0.5) is 4.39 Å². The summed E-state index contributed by atoms with van der Waals surface area (Å²) in [6.45, 7) is 0. The Bertz CT molecular complexity index is 1120. The summed E-state index contributed by atoms with van der Waals surface area (Å²) < 4.78 is 24.4. The topological polar surface area (TPSA) is 63.0 Å². The van der Waals surface area contributed by atoms with Gasteiger partial charge in [-0.1, -0.05) is 12.1 Å². The molecule has 3 heterocycles. The third-order valence-corrected chi connectivity index (χ3v) is 4.53. The van der Waals surface area contributed by atoms with Crippen LogP contribution < -0.4 is 0 Å². The maximum atomic E-state index is 13.4. The van der Waals surface area contributed by atoms with Gasteiger partial charge in [0.05, 0.1) is 11.8 Å². The predicted molar refractivity (Wildman–Crippen MR) is 97.4 cm³/mol. The second kappa shape index (κ2) is 6.82. The van der Waals surface area contributed by atoms with E-state index < -0.39 is 0 Å². The van der Waals surface area contributed by atoms with Crippen LogP contribution in [0.3, 0.4) is 0 Å². The van der Waals surface area contributed by atoms with Crippen LogP contribution in [-0.2, 0) is 0 Å². The molecule has 26 heavy (non-hydrogen) atoms. The Labute approximate surface area is 152 Å². The van der Waals surface area contributed by atoms with Crippen LogP contribution in [0.1, 0.15) is 10.8 Å². The van der Waals surface area contributed by atoms with Crippen molar-refractivity contribution in [1.29, 1.82) is 5.26 Å². The molecule has 0 radical (unpaired) electrons. The van der Waals surface area contributed by atoms with Crippen LogP contribution in [-0.4, -0.2) is 4.98 Å². The maximum absolute atomic E-state index is 13.4. The first-order valence-corrected chi connectivity index (χ1v) is 8.58. The Balaban J connectivity index is 1.64. The molecular formula is C20H11FN2O2S. The minimum atomic E-state index is -0.332. The first-order chi connectivity index (χ1) is 12.7. The minimum Gasteiger partial charge on any atom is -0.463 e. The van der Waals surface area contributed by atoms with Gasteiger partial charge in [-0.15, -0.1) is 11.3 Å². The largest absolute Gasteiger partial charge is 0.463 e. The number of halogens is 1. The molecule has 4 aromatic rings. The van der Waals surface area contributed by atoms with Gasteiger partial charge in [0.15, 0.2) is 5.76 Å². The van der Waals surface area contributed by atoms with Gasteiger partial charge in [0.1, 0.15) is 34.1 Å². The number of aromatic nitrogens is 1. The van der Waals surface area contributed by atoms with Crippen molar-refractivity contribution in [2.24, 2.45) is 0 Å². The van der Waals surface area contributed by atoms with E-state index in [0.717, 1.165) is 0 Å². The van der Waals surface area contributed by atoms with Gasteiger partial charge in [-0.25, -0.2) is 9.37 Å². The summed E-state index contributed by atoms with van der Waals surface area (Å²) in [6, 6.07) is 15.4. The molecule has 3 aromatic heterocycles. The second-order valence-corrected chi connectivity index (χ2v) is 6.26. The molecular weight excluding hydrogens is 351 g/mol. The zero-order valence-corrected chi connectivity index (χ0v) is 14.2. The van der Waals surface area contributed by atoms with Crippen LogP contribution in [0.5, 0.6) is 0 Å². The van der Waals surface area contributed by atoms with Crippen molar-refractivity contribution >= 4 is 23.0 Å². The summed E-state index contributed by atoms with van der Waals surface area (Å²) in [7, 11) is 0. The van der Waals surface area contributed by atoms with Crippen LogP contribution in [0, 0.1) is 17.1 Å². The lowest BCUT2D eigenvalue weighted by Crippen LogP contribution is -1.81. The Hall–Kier alpha value is -3.43. The number of allylic oxidation sites excluding steroid dienone is 1. The molecule has 0 N–H and O–H groups in total. The minimum absolute atomic E-state index is 0.332. The van der Waals surface area contributed by atoms with Crippen LogP contribution in [0.25, 0.3) is 34.4 Å². The van der Waals surface area contributed by atoms with E-state index in [1.807, 2.05) is 11.4 Å². The predicted octanol–water partition coefficient (Wildman–Crippen LogP) is 5.87. The highest BCUT2D eigenvalue weighted by atomic mass is 32.1. The van der Waals surface area contributed by atoms with Gasteiger partial charge in [-0.05, 0) is 36.4 Å². The van der Waals surface area contributed by atoms with Gasteiger partial charge in [-0.3, -0.25) is 0 Å². The van der Waals surface area contributed by atoms with Crippen molar-refractivity contribution in [3.8, 4) is 28.8 Å². The van der Waals surface area contributed by atoms with Gasteiger partial charge < -0.3 is 8.83 Å². The lowest BCUT2D eigenvalue weighted by atomic mass is 10.2. The van der Waals surface area contributed by atoms with Crippen molar-refractivity contribution in [1.82, 2.24) is 4.98 Å². The number of furan rings is 2. The van der Waals surface area contributed by atoms with Gasteiger partial charge in [0.25, 0.3) is 0 Å². The molecule has 0 saturated heterocycles. The third kappa shape index (κ3) is 3.21. The normalized spacial score (nSPS) is 11.5. The molecule has 4 nitrogen and oxygen atoms in total. The average Bonchev–Trinajstić information content (AvgIpc) is 3.40. The van der Waals surface area contributed by atoms with Gasteiger partial charge in [-0.2, -0.15) is 5.26 Å². The van der Waals surface area contributed by atoms with Crippen molar-refractivity contribution in [2.45, 2.75) is 0 Å². The highest BCUT2D eigenvalue weighted by molar-refractivity contribution is 7.11. The Morgan fingerprint density at radius 2 is 2.08 bits per heavy atom. The van der Waals surface area contributed by atoms with E-state index in [4.69, 9.17) is 8.83 Å². The molecule has 0 bridgehead atoms. The fourth-order valence-electron chi connectivity index (χ4n) is 2.45. The van der Waals surface area contributed by atoms with Crippen molar-refractivity contribution in [3.63, 3.8) is 0 Å². The van der Waals surface area contributed by atoms with Gasteiger partial charge in [0, 0.05) is 17.0 Å². The number of hydrogen-bond acceptors (Lipinski definition) is 5. The number of rotatable bonds is 4. The summed E-state index contributed by atoms with van der Waals surface area (Å²) in [4.78, 5) is 4.44. The lowest BCUT2D eigenvalue weighted by Gasteiger charge is -1.96. The van der Waals surface area contributed by atoms with Crippen LogP contribution in [0.2, 0.25) is 0 Å². The Morgan fingerprint density at radius 1 is 1.15 bits per heavy atom.